The fourth-order valence-electron chi connectivity index (χ4n) is 6.71. The molecule has 0 saturated heterocycles. The summed E-state index contributed by atoms with van der Waals surface area (Å²) in [7, 11) is 0. The number of allylic oxidation sites excluding steroid dienone is 4. The summed E-state index contributed by atoms with van der Waals surface area (Å²) in [5.41, 5.74) is 2.87. The van der Waals surface area contributed by atoms with Gasteiger partial charge in [0.1, 0.15) is 45.4 Å². The van der Waals surface area contributed by atoms with E-state index in [-0.39, 0.29) is 135 Å². The maximum atomic E-state index is 14.5. The third kappa shape index (κ3) is 15.0. The van der Waals surface area contributed by atoms with Crippen LogP contribution in [0.1, 0.15) is 109 Å². The monoisotopic (exact) mass is 822 g/mol. The van der Waals surface area contributed by atoms with Crippen molar-refractivity contribution in [2.45, 2.75) is 112 Å². The largest absolute Gasteiger partial charge is 0.507 e. The average molecular weight is 823 g/mol. The van der Waals surface area contributed by atoms with E-state index in [9.17, 15) is 39.0 Å². The lowest BCUT2D eigenvalue weighted by Crippen LogP contribution is -2.16. The highest BCUT2D eigenvalue weighted by atomic mass is 16.5. The van der Waals surface area contributed by atoms with E-state index in [1.54, 1.807) is 6.07 Å². The highest BCUT2D eigenvalue weighted by Gasteiger charge is 2.24. The molecule has 0 fully saturated rings. The van der Waals surface area contributed by atoms with Gasteiger partial charge in [-0.3, -0.25) is 28.8 Å². The van der Waals surface area contributed by atoms with Crippen LogP contribution in [0.5, 0.6) is 17.2 Å². The first-order valence-corrected chi connectivity index (χ1v) is 20.0. The number of phenols is 1. The van der Waals surface area contributed by atoms with E-state index in [0.29, 0.717) is 48.2 Å². The third-order valence-corrected chi connectivity index (χ3v) is 9.83. The fraction of sp³-hybridized carbons (Fsp3) is 0.511. The number of phenolic OH excluding ortho intramolecular Hbond substituents is 1. The number of rotatable bonds is 29. The first kappa shape index (κ1) is 47.9. The average Bonchev–Trinajstić information content (AvgIpc) is 3.17. The second-order valence-corrected chi connectivity index (χ2v) is 15.3. The van der Waals surface area contributed by atoms with Gasteiger partial charge in [0.2, 0.25) is 5.43 Å². The standard InChI is InChI=1S/C45H58O14/c1-28(2)10-13-34-36(24-46)38(58-18-7-9-33(50)21-31(25-56-27-48)12-15-41(51)52)23-39-42(34)45(54)43-40(59-39)22-37(35(44(43)53)14-11-29(3)4)57-17-6-8-32(49)20-30(5)16-19-55-26-47/h10-11,22-23,26-27,30-31,46,53H,6-9,12-21,24-25H2,1-5H3,(H,51,52)/t30-,31+/m0/s1. The molecule has 14 heteroatoms. The number of fused-ring (bicyclic) bond motifs is 2. The second kappa shape index (κ2) is 24.4. The number of ether oxygens (including phenoxy) is 4. The van der Waals surface area contributed by atoms with E-state index in [0.717, 1.165) is 11.1 Å². The van der Waals surface area contributed by atoms with Crippen molar-refractivity contribution in [3.8, 4) is 17.2 Å². The molecular formula is C45H58O14. The summed E-state index contributed by atoms with van der Waals surface area (Å²) >= 11 is 0. The van der Waals surface area contributed by atoms with Crippen LogP contribution >= 0.6 is 0 Å². The first-order chi connectivity index (χ1) is 28.2. The quantitative estimate of drug-likeness (QED) is 0.0272. The van der Waals surface area contributed by atoms with Crippen LogP contribution in [0.4, 0.5) is 0 Å². The number of carboxylic acids is 1. The van der Waals surface area contributed by atoms with E-state index >= 15 is 0 Å². The van der Waals surface area contributed by atoms with Crippen molar-refractivity contribution < 1.29 is 62.7 Å². The normalized spacial score (nSPS) is 12.0. The summed E-state index contributed by atoms with van der Waals surface area (Å²) in [5.74, 6) is -1.23. The number of benzene rings is 2. The molecular weight excluding hydrogens is 764 g/mol. The zero-order valence-corrected chi connectivity index (χ0v) is 34.8. The van der Waals surface area contributed by atoms with Gasteiger partial charge in [-0.05, 0) is 77.7 Å². The van der Waals surface area contributed by atoms with Crippen LogP contribution in [0.3, 0.4) is 0 Å². The molecule has 3 N–H and O–H groups in total. The molecule has 0 aliphatic heterocycles. The predicted molar refractivity (Wildman–Crippen MR) is 221 cm³/mol. The van der Waals surface area contributed by atoms with Gasteiger partial charge >= 0.3 is 5.97 Å². The molecule has 0 aliphatic carbocycles. The number of carbonyl (C=O) groups excluding carboxylic acids is 4. The molecule has 0 amide bonds. The zero-order valence-electron chi connectivity index (χ0n) is 34.8. The Bertz CT molecular complexity index is 2050. The fourth-order valence-corrected chi connectivity index (χ4v) is 6.71. The maximum absolute atomic E-state index is 14.5. The molecule has 0 unspecified atom stereocenters. The smallest absolute Gasteiger partial charge is 0.303 e. The first-order valence-electron chi connectivity index (χ1n) is 20.0. The number of hydrogen-bond donors (Lipinski definition) is 3. The number of hydrogen-bond acceptors (Lipinski definition) is 13. The number of ketones is 2. The summed E-state index contributed by atoms with van der Waals surface area (Å²) in [6.07, 6.45) is 6.36. The second-order valence-electron chi connectivity index (χ2n) is 15.3. The summed E-state index contributed by atoms with van der Waals surface area (Å²) in [6.45, 7) is 10.1. The highest BCUT2D eigenvalue weighted by molar-refractivity contribution is 5.97. The lowest BCUT2D eigenvalue weighted by Gasteiger charge is -2.18. The van der Waals surface area contributed by atoms with Crippen molar-refractivity contribution in [2.24, 2.45) is 11.8 Å². The lowest BCUT2D eigenvalue weighted by molar-refractivity contribution is -0.138. The van der Waals surface area contributed by atoms with Crippen molar-refractivity contribution in [2.75, 3.05) is 26.4 Å². The Hall–Kier alpha value is -5.50. The molecule has 3 aromatic rings. The van der Waals surface area contributed by atoms with Gasteiger partial charge in [0, 0.05) is 61.3 Å². The number of aromatic hydroxyl groups is 1. The highest BCUT2D eigenvalue weighted by Crippen LogP contribution is 2.39. The molecule has 1 heterocycles. The van der Waals surface area contributed by atoms with Crippen molar-refractivity contribution in [1.29, 1.82) is 0 Å². The van der Waals surface area contributed by atoms with E-state index in [1.807, 2.05) is 46.8 Å². The minimum absolute atomic E-state index is 0.0382. The number of carboxylic acid groups (broad SMARTS) is 1. The van der Waals surface area contributed by atoms with E-state index in [2.05, 4.69) is 0 Å². The van der Waals surface area contributed by atoms with Crippen LogP contribution in [-0.4, -0.2) is 72.2 Å². The van der Waals surface area contributed by atoms with Crippen LogP contribution in [0, 0.1) is 11.8 Å². The van der Waals surface area contributed by atoms with Crippen molar-refractivity contribution >= 4 is 52.4 Å². The zero-order chi connectivity index (χ0) is 43.5. The number of aliphatic hydroxyl groups excluding tert-OH is 1. The Morgan fingerprint density at radius 1 is 0.746 bits per heavy atom. The molecule has 0 radical (unpaired) electrons. The van der Waals surface area contributed by atoms with Gasteiger partial charge in [0.05, 0.1) is 38.4 Å². The Morgan fingerprint density at radius 3 is 1.86 bits per heavy atom. The Kier molecular flexibility index (Phi) is 19.8. The molecule has 14 nitrogen and oxygen atoms in total. The minimum atomic E-state index is -1.01. The Balaban J connectivity index is 1.96. The summed E-state index contributed by atoms with van der Waals surface area (Å²) in [6, 6.07) is 3.08. The molecule has 0 saturated carbocycles. The number of carbonyl (C=O) groups is 5. The van der Waals surface area contributed by atoms with Gasteiger partial charge in [-0.1, -0.05) is 30.2 Å². The van der Waals surface area contributed by atoms with Gasteiger partial charge in [-0.2, -0.15) is 0 Å². The van der Waals surface area contributed by atoms with Crippen LogP contribution in [0.25, 0.3) is 21.9 Å². The minimum Gasteiger partial charge on any atom is -0.507 e. The third-order valence-electron chi connectivity index (χ3n) is 9.83. The number of Topliss-reactive ketones (excluding diaryl/α,β-unsaturated/α-hetero) is 2. The van der Waals surface area contributed by atoms with Crippen LogP contribution in [0.2, 0.25) is 0 Å². The molecule has 322 valence electrons. The van der Waals surface area contributed by atoms with Gasteiger partial charge in [-0.25, -0.2) is 0 Å². The van der Waals surface area contributed by atoms with Crippen LogP contribution < -0.4 is 14.9 Å². The molecule has 0 spiro atoms. The van der Waals surface area contributed by atoms with Crippen molar-refractivity contribution in [1.82, 2.24) is 0 Å². The van der Waals surface area contributed by atoms with Gasteiger partial charge < -0.3 is 38.7 Å². The number of aliphatic carboxylic acids is 1. The SMILES string of the molecule is CC(C)=CCc1c(OCCCC(=O)C[C@@H](C)CCOC=O)cc2oc3cc(OCCCC(=O)C[C@@H](CCC(=O)O)COC=O)c(CO)c(CC=C(C)C)c3c(=O)c2c1O. The van der Waals surface area contributed by atoms with E-state index in [4.69, 9.17) is 28.5 Å². The molecule has 0 aliphatic rings. The van der Waals surface area contributed by atoms with Crippen molar-refractivity contribution in [3.63, 3.8) is 0 Å². The van der Waals surface area contributed by atoms with Crippen LogP contribution in [0.15, 0.2) is 44.6 Å². The summed E-state index contributed by atoms with van der Waals surface area (Å²) in [4.78, 5) is 72.0. The molecule has 3 rings (SSSR count). The molecule has 2 aromatic carbocycles. The van der Waals surface area contributed by atoms with E-state index in [1.165, 1.54) is 6.07 Å². The lowest BCUT2D eigenvalue weighted by atomic mass is 9.95. The molecule has 0 bridgehead atoms. The van der Waals surface area contributed by atoms with Gasteiger partial charge in [0.25, 0.3) is 12.9 Å². The Morgan fingerprint density at radius 2 is 1.31 bits per heavy atom. The number of aliphatic hydroxyl groups is 1. The molecule has 1 aromatic heterocycles. The van der Waals surface area contributed by atoms with Gasteiger partial charge in [-0.15, -0.1) is 0 Å². The summed E-state index contributed by atoms with van der Waals surface area (Å²) < 4.78 is 28.1. The van der Waals surface area contributed by atoms with Gasteiger partial charge in [0.15, 0.2) is 0 Å². The van der Waals surface area contributed by atoms with Crippen molar-refractivity contribution in [3.05, 3.63) is 62.3 Å². The predicted octanol–water partition coefficient (Wildman–Crippen LogP) is 7.25. The Labute approximate surface area is 344 Å². The van der Waals surface area contributed by atoms with E-state index < -0.39 is 23.9 Å². The molecule has 2 atom stereocenters. The van der Waals surface area contributed by atoms with Crippen LogP contribution in [-0.2, 0) is 52.9 Å². The molecule has 59 heavy (non-hydrogen) atoms. The maximum Gasteiger partial charge on any atom is 0.303 e. The summed E-state index contributed by atoms with van der Waals surface area (Å²) in [5, 5.41) is 31.5. The topological polar surface area (TPSA) is 213 Å².